The maximum absolute atomic E-state index is 12.6. The zero-order chi connectivity index (χ0) is 18.1. The summed E-state index contributed by atoms with van der Waals surface area (Å²) in [4.78, 5) is 38.0. The van der Waals surface area contributed by atoms with Crippen LogP contribution in [0.2, 0.25) is 0 Å². The smallest absolute Gasteiger partial charge is 0.331 e. The largest absolute Gasteiger partial charge is 0.339 e. The minimum atomic E-state index is -0.479. The van der Waals surface area contributed by atoms with Crippen LogP contribution >= 0.6 is 0 Å². The fourth-order valence-electron chi connectivity index (χ4n) is 3.38. The molecule has 134 valence electrons. The minimum absolute atomic E-state index is 0.0587. The van der Waals surface area contributed by atoms with E-state index in [-0.39, 0.29) is 24.1 Å². The van der Waals surface area contributed by atoms with Crippen LogP contribution in [-0.2, 0) is 18.4 Å². The molecule has 0 aromatic carbocycles. The quantitative estimate of drug-likeness (QED) is 0.797. The second kappa shape index (κ2) is 6.70. The van der Waals surface area contributed by atoms with Crippen molar-refractivity contribution in [2.24, 2.45) is 7.05 Å². The molecule has 0 bridgehead atoms. The third-order valence-electron chi connectivity index (χ3n) is 4.71. The number of aryl methyl sites for hydroxylation is 2. The Morgan fingerprint density at radius 1 is 1.32 bits per heavy atom. The number of piperidine rings is 1. The van der Waals surface area contributed by atoms with Crippen LogP contribution in [0.3, 0.4) is 0 Å². The van der Waals surface area contributed by atoms with Gasteiger partial charge in [0.15, 0.2) is 0 Å². The fourth-order valence-corrected chi connectivity index (χ4v) is 3.38. The van der Waals surface area contributed by atoms with Crippen molar-refractivity contribution < 1.29 is 4.79 Å². The van der Waals surface area contributed by atoms with Crippen molar-refractivity contribution in [2.45, 2.75) is 39.3 Å². The van der Waals surface area contributed by atoms with Gasteiger partial charge in [0.1, 0.15) is 6.54 Å². The van der Waals surface area contributed by atoms with Crippen molar-refractivity contribution in [1.29, 1.82) is 0 Å². The summed E-state index contributed by atoms with van der Waals surface area (Å²) < 4.78 is 4.27. The van der Waals surface area contributed by atoms with Crippen LogP contribution in [0.15, 0.2) is 27.9 Å². The van der Waals surface area contributed by atoms with E-state index >= 15 is 0 Å². The zero-order valence-corrected chi connectivity index (χ0v) is 14.8. The van der Waals surface area contributed by atoms with Crippen molar-refractivity contribution in [3.63, 3.8) is 0 Å². The lowest BCUT2D eigenvalue weighted by Crippen LogP contribution is -2.45. The van der Waals surface area contributed by atoms with Gasteiger partial charge in [0.2, 0.25) is 5.91 Å². The first kappa shape index (κ1) is 17.2. The molecule has 1 fully saturated rings. The first-order valence-corrected chi connectivity index (χ1v) is 8.44. The van der Waals surface area contributed by atoms with Gasteiger partial charge in [-0.1, -0.05) is 0 Å². The van der Waals surface area contributed by atoms with Gasteiger partial charge in [0.05, 0.1) is 11.7 Å². The van der Waals surface area contributed by atoms with E-state index in [0.717, 1.165) is 28.8 Å². The molecule has 1 atom stereocenters. The molecule has 3 rings (SSSR count). The molecule has 8 nitrogen and oxygen atoms in total. The Balaban J connectivity index is 1.74. The van der Waals surface area contributed by atoms with E-state index in [1.807, 2.05) is 24.6 Å². The Kier molecular flexibility index (Phi) is 4.61. The average molecular weight is 345 g/mol. The molecule has 3 heterocycles. The molecule has 0 spiro atoms. The number of hydrogen-bond donors (Lipinski definition) is 0. The van der Waals surface area contributed by atoms with Crippen molar-refractivity contribution in [1.82, 2.24) is 23.8 Å². The van der Waals surface area contributed by atoms with E-state index < -0.39 is 5.69 Å². The van der Waals surface area contributed by atoms with Crippen molar-refractivity contribution in [3.05, 3.63) is 50.6 Å². The molecule has 25 heavy (non-hydrogen) atoms. The lowest BCUT2D eigenvalue weighted by Gasteiger charge is -2.33. The Bertz CT molecular complexity index is 908. The Morgan fingerprint density at radius 3 is 2.76 bits per heavy atom. The zero-order valence-electron chi connectivity index (χ0n) is 14.8. The highest BCUT2D eigenvalue weighted by atomic mass is 16.2. The molecule has 0 saturated carbocycles. The van der Waals surface area contributed by atoms with E-state index in [1.165, 1.54) is 23.9 Å². The fraction of sp³-hybridized carbons (Fsp3) is 0.529. The molecule has 0 radical (unpaired) electrons. The highest BCUT2D eigenvalue weighted by Gasteiger charge is 2.26. The molecule has 8 heteroatoms. The molecule has 1 amide bonds. The van der Waals surface area contributed by atoms with Crippen LogP contribution < -0.4 is 11.2 Å². The summed E-state index contributed by atoms with van der Waals surface area (Å²) in [6.45, 7) is 5.18. The molecule has 2 aromatic heterocycles. The van der Waals surface area contributed by atoms with E-state index in [9.17, 15) is 14.4 Å². The van der Waals surface area contributed by atoms with Gasteiger partial charge in [-0.2, -0.15) is 5.10 Å². The Hall–Kier alpha value is -2.64. The number of nitrogens with zero attached hydrogens (tertiary/aromatic N) is 5. The SMILES string of the molecule is Cc1cc(C)n([C@@H]2CCCN(C(=O)Cn3ccc(=O)n(C)c3=O)C2)n1. The van der Waals surface area contributed by atoms with Gasteiger partial charge in [-0.05, 0) is 32.8 Å². The normalized spacial score (nSPS) is 17.7. The molecule has 0 unspecified atom stereocenters. The highest BCUT2D eigenvalue weighted by Crippen LogP contribution is 2.23. The van der Waals surface area contributed by atoms with Gasteiger partial charge in [-0.3, -0.25) is 23.4 Å². The van der Waals surface area contributed by atoms with Crippen LogP contribution in [0.1, 0.15) is 30.3 Å². The second-order valence-corrected chi connectivity index (χ2v) is 6.63. The number of hydrogen-bond acceptors (Lipinski definition) is 4. The van der Waals surface area contributed by atoms with Gasteiger partial charge in [-0.15, -0.1) is 0 Å². The molecule has 2 aromatic rings. The van der Waals surface area contributed by atoms with Crippen LogP contribution in [0, 0.1) is 13.8 Å². The summed E-state index contributed by atoms with van der Waals surface area (Å²) in [6.07, 6.45) is 3.26. The third-order valence-corrected chi connectivity index (χ3v) is 4.71. The Labute approximate surface area is 145 Å². The Morgan fingerprint density at radius 2 is 2.08 bits per heavy atom. The summed E-state index contributed by atoms with van der Waals surface area (Å²) in [6, 6.07) is 3.48. The van der Waals surface area contributed by atoms with E-state index in [0.29, 0.717) is 13.1 Å². The summed E-state index contributed by atoms with van der Waals surface area (Å²) >= 11 is 0. The number of rotatable bonds is 3. The van der Waals surface area contributed by atoms with Crippen LogP contribution in [0.5, 0.6) is 0 Å². The van der Waals surface area contributed by atoms with Crippen molar-refractivity contribution in [2.75, 3.05) is 13.1 Å². The maximum Gasteiger partial charge on any atom is 0.331 e. The minimum Gasteiger partial charge on any atom is -0.339 e. The molecule has 1 saturated heterocycles. The molecule has 0 aliphatic carbocycles. The molecule has 0 N–H and O–H groups in total. The third kappa shape index (κ3) is 3.42. The first-order chi connectivity index (χ1) is 11.9. The average Bonchev–Trinajstić information content (AvgIpc) is 2.94. The van der Waals surface area contributed by atoms with Crippen LogP contribution in [0.25, 0.3) is 0 Å². The summed E-state index contributed by atoms with van der Waals surface area (Å²) in [7, 11) is 1.41. The predicted octanol–water partition coefficient (Wildman–Crippen LogP) is 0.224. The summed E-state index contributed by atoms with van der Waals surface area (Å²) in [5, 5.41) is 4.53. The van der Waals surface area contributed by atoms with Gasteiger partial charge in [-0.25, -0.2) is 4.79 Å². The standard InChI is InChI=1S/C17H23N5O3/c1-12-9-13(2)22(18-12)14-5-4-7-20(10-14)16(24)11-21-8-6-15(23)19(3)17(21)25/h6,8-9,14H,4-5,7,10-11H2,1-3H3/t14-/m1/s1. The van der Waals surface area contributed by atoms with Gasteiger partial charge in [0.25, 0.3) is 5.56 Å². The summed E-state index contributed by atoms with van der Waals surface area (Å²) in [5.41, 5.74) is 1.20. The predicted molar refractivity (Wildman–Crippen MR) is 92.5 cm³/mol. The van der Waals surface area contributed by atoms with E-state index in [4.69, 9.17) is 0 Å². The number of amides is 1. The highest BCUT2D eigenvalue weighted by molar-refractivity contribution is 5.76. The monoisotopic (exact) mass is 345 g/mol. The van der Waals surface area contributed by atoms with Crippen molar-refractivity contribution >= 4 is 5.91 Å². The number of carbonyl (C=O) groups excluding carboxylic acids is 1. The first-order valence-electron chi connectivity index (χ1n) is 8.44. The van der Waals surface area contributed by atoms with Crippen LogP contribution in [-0.4, -0.2) is 42.8 Å². The summed E-state index contributed by atoms with van der Waals surface area (Å²) in [5.74, 6) is -0.119. The molecular weight excluding hydrogens is 322 g/mol. The lowest BCUT2D eigenvalue weighted by atomic mass is 10.1. The van der Waals surface area contributed by atoms with Gasteiger partial charge >= 0.3 is 5.69 Å². The van der Waals surface area contributed by atoms with Gasteiger partial charge in [0, 0.05) is 38.1 Å². The van der Waals surface area contributed by atoms with Crippen molar-refractivity contribution in [3.8, 4) is 0 Å². The molecular formula is C17H23N5O3. The number of likely N-dealkylation sites (tertiary alicyclic amines) is 1. The second-order valence-electron chi connectivity index (χ2n) is 6.63. The van der Waals surface area contributed by atoms with Gasteiger partial charge < -0.3 is 4.90 Å². The maximum atomic E-state index is 12.6. The molecule has 1 aliphatic heterocycles. The number of aromatic nitrogens is 4. The molecule has 1 aliphatic rings. The van der Waals surface area contributed by atoms with E-state index in [1.54, 1.807) is 4.90 Å². The van der Waals surface area contributed by atoms with E-state index in [2.05, 4.69) is 5.10 Å². The topological polar surface area (TPSA) is 82.1 Å². The van der Waals surface area contributed by atoms with Crippen LogP contribution in [0.4, 0.5) is 0 Å². The number of carbonyl (C=O) groups is 1. The lowest BCUT2D eigenvalue weighted by molar-refractivity contribution is -0.133.